The Bertz CT molecular complexity index is 276. The van der Waals surface area contributed by atoms with Gasteiger partial charge in [-0.25, -0.2) is 4.39 Å². The molecule has 0 spiro atoms. The van der Waals surface area contributed by atoms with Gasteiger partial charge in [-0.3, -0.25) is 13.9 Å². The van der Waals surface area contributed by atoms with Gasteiger partial charge in [-0.2, -0.15) is 0 Å². The van der Waals surface area contributed by atoms with Crippen LogP contribution < -0.4 is 0 Å². The second-order valence-corrected chi connectivity index (χ2v) is 5.24. The van der Waals surface area contributed by atoms with Crippen molar-refractivity contribution in [3.63, 3.8) is 0 Å². The molecule has 2 atom stereocenters. The molecule has 1 N–H and O–H groups in total. The van der Waals surface area contributed by atoms with E-state index in [1.54, 1.807) is 0 Å². The van der Waals surface area contributed by atoms with Crippen molar-refractivity contribution in [3.05, 3.63) is 0 Å². The summed E-state index contributed by atoms with van der Waals surface area (Å²) in [4.78, 5) is 20.4. The van der Waals surface area contributed by atoms with Gasteiger partial charge in [-0.15, -0.1) is 0 Å². The predicted molar refractivity (Wildman–Crippen MR) is 60.4 cm³/mol. The first kappa shape index (κ1) is 15.8. The Hall–Kier alpha value is -0.250. The van der Waals surface area contributed by atoms with Crippen LogP contribution in [0.2, 0.25) is 0 Å². The molecule has 96 valence electrons. The Morgan fingerprint density at radius 1 is 1.44 bits per heavy atom. The SMILES string of the molecule is CCCC[C@](C)(F)C(=O)C(C)(C)O[PH](=O)O. The number of Topliss-reactive ketones (excluding diaryl/α,β-unsaturated/α-hetero) is 1. The first-order valence-corrected chi connectivity index (χ1v) is 6.55. The molecule has 0 rings (SSSR count). The molecule has 0 aromatic carbocycles. The van der Waals surface area contributed by atoms with Gasteiger partial charge in [0.15, 0.2) is 5.67 Å². The standard InChI is InChI=1S/C10H20FO4P/c1-5-6-7-10(4,11)8(12)9(2,3)15-16(13)14/h16H,5-7H2,1-4H3,(H,13,14)/t10-/m0/s1. The molecule has 0 heterocycles. The quantitative estimate of drug-likeness (QED) is 0.709. The molecule has 0 aliphatic carbocycles. The van der Waals surface area contributed by atoms with Crippen LogP contribution in [-0.4, -0.2) is 21.9 Å². The summed E-state index contributed by atoms with van der Waals surface area (Å²) in [6, 6.07) is 0. The Morgan fingerprint density at radius 3 is 2.31 bits per heavy atom. The molecular formula is C10H20FO4P. The number of rotatable bonds is 7. The van der Waals surface area contributed by atoms with Gasteiger partial charge >= 0.3 is 8.25 Å². The van der Waals surface area contributed by atoms with E-state index in [0.29, 0.717) is 6.42 Å². The van der Waals surface area contributed by atoms with E-state index in [1.807, 2.05) is 6.92 Å². The highest BCUT2D eigenvalue weighted by Crippen LogP contribution is 2.33. The third-order valence-electron chi connectivity index (χ3n) is 2.36. The number of hydrogen-bond acceptors (Lipinski definition) is 3. The average molecular weight is 254 g/mol. The molecule has 0 aliphatic heterocycles. The maximum Gasteiger partial charge on any atom is 0.317 e. The zero-order valence-electron chi connectivity index (χ0n) is 10.2. The summed E-state index contributed by atoms with van der Waals surface area (Å²) in [6.07, 6.45) is 1.47. The maximum absolute atomic E-state index is 14.0. The first-order chi connectivity index (χ1) is 7.13. The summed E-state index contributed by atoms with van der Waals surface area (Å²) in [7, 11) is -3.25. The number of unbranched alkanes of at least 4 members (excludes halogenated alkanes) is 1. The highest BCUT2D eigenvalue weighted by molar-refractivity contribution is 7.32. The molecule has 0 aliphatic rings. The van der Waals surface area contributed by atoms with Crippen LogP contribution in [0.4, 0.5) is 4.39 Å². The van der Waals surface area contributed by atoms with Crippen molar-refractivity contribution in [2.24, 2.45) is 0 Å². The van der Waals surface area contributed by atoms with Crippen molar-refractivity contribution in [2.75, 3.05) is 0 Å². The number of halogens is 1. The van der Waals surface area contributed by atoms with E-state index in [0.717, 1.165) is 6.42 Å². The van der Waals surface area contributed by atoms with E-state index >= 15 is 0 Å². The van der Waals surface area contributed by atoms with Gasteiger partial charge < -0.3 is 4.89 Å². The molecule has 0 aromatic heterocycles. The van der Waals surface area contributed by atoms with Crippen molar-refractivity contribution in [1.29, 1.82) is 0 Å². The second-order valence-electron chi connectivity index (χ2n) is 4.51. The van der Waals surface area contributed by atoms with Crippen LogP contribution in [0.15, 0.2) is 0 Å². The minimum atomic E-state index is -3.25. The van der Waals surface area contributed by atoms with Gasteiger partial charge in [-0.05, 0) is 27.2 Å². The monoisotopic (exact) mass is 254 g/mol. The fourth-order valence-electron chi connectivity index (χ4n) is 1.51. The molecule has 6 heteroatoms. The van der Waals surface area contributed by atoms with Crippen molar-refractivity contribution >= 4 is 14.0 Å². The molecule has 0 saturated heterocycles. The van der Waals surface area contributed by atoms with Gasteiger partial charge in [0.05, 0.1) is 0 Å². The highest BCUT2D eigenvalue weighted by atomic mass is 31.1. The zero-order valence-corrected chi connectivity index (χ0v) is 11.2. The van der Waals surface area contributed by atoms with E-state index in [-0.39, 0.29) is 6.42 Å². The number of hydrogen-bond donors (Lipinski definition) is 1. The van der Waals surface area contributed by atoms with Crippen LogP contribution in [0.5, 0.6) is 0 Å². The largest absolute Gasteiger partial charge is 0.326 e. The molecule has 16 heavy (non-hydrogen) atoms. The van der Waals surface area contributed by atoms with Gasteiger partial charge in [-0.1, -0.05) is 19.8 Å². The normalized spacial score (nSPS) is 17.9. The molecule has 4 nitrogen and oxygen atoms in total. The summed E-state index contributed by atoms with van der Waals surface area (Å²) in [5.74, 6) is -0.791. The number of ketones is 1. The summed E-state index contributed by atoms with van der Waals surface area (Å²) in [5.41, 5.74) is -3.58. The van der Waals surface area contributed by atoms with E-state index < -0.39 is 25.3 Å². The molecule has 0 fully saturated rings. The smallest absolute Gasteiger partial charge is 0.317 e. The van der Waals surface area contributed by atoms with Crippen LogP contribution in [0.3, 0.4) is 0 Å². The summed E-state index contributed by atoms with van der Waals surface area (Å²) >= 11 is 0. The molecule has 0 bridgehead atoms. The third kappa shape index (κ3) is 4.73. The van der Waals surface area contributed by atoms with E-state index in [9.17, 15) is 13.8 Å². The fourth-order valence-corrected chi connectivity index (χ4v) is 2.04. The molecule has 0 aromatic rings. The lowest BCUT2D eigenvalue weighted by atomic mass is 9.87. The Kier molecular flexibility index (Phi) is 5.80. The molecule has 0 amide bonds. The van der Waals surface area contributed by atoms with Crippen LogP contribution in [-0.2, 0) is 13.9 Å². The predicted octanol–water partition coefficient (Wildman–Crippen LogP) is 2.65. The molecular weight excluding hydrogens is 234 g/mol. The lowest BCUT2D eigenvalue weighted by Gasteiger charge is -2.29. The number of carbonyl (C=O) groups is 1. The van der Waals surface area contributed by atoms with E-state index in [2.05, 4.69) is 4.52 Å². The zero-order chi connectivity index (χ0) is 13.0. The van der Waals surface area contributed by atoms with Crippen LogP contribution in [0.1, 0.15) is 47.0 Å². The number of alkyl halides is 1. The van der Waals surface area contributed by atoms with E-state index in [1.165, 1.54) is 20.8 Å². The first-order valence-electron chi connectivity index (χ1n) is 5.29. The lowest BCUT2D eigenvalue weighted by molar-refractivity contribution is -0.144. The average Bonchev–Trinajstić information content (AvgIpc) is 2.11. The highest BCUT2D eigenvalue weighted by Gasteiger charge is 2.43. The Balaban J connectivity index is 4.68. The Labute approximate surface area is 96.1 Å². The van der Waals surface area contributed by atoms with Crippen LogP contribution in [0, 0.1) is 0 Å². The second kappa shape index (κ2) is 5.89. The van der Waals surface area contributed by atoms with Crippen LogP contribution >= 0.6 is 8.25 Å². The third-order valence-corrected chi connectivity index (χ3v) is 3.05. The summed E-state index contributed by atoms with van der Waals surface area (Å²) in [5, 5.41) is 0. The fraction of sp³-hybridized carbons (Fsp3) is 0.900. The topological polar surface area (TPSA) is 63.6 Å². The van der Waals surface area contributed by atoms with Gasteiger partial charge in [0.25, 0.3) is 0 Å². The molecule has 0 saturated carbocycles. The molecule has 0 radical (unpaired) electrons. The lowest BCUT2D eigenvalue weighted by Crippen LogP contribution is -2.46. The van der Waals surface area contributed by atoms with Crippen molar-refractivity contribution < 1.29 is 23.2 Å². The van der Waals surface area contributed by atoms with E-state index in [4.69, 9.17) is 4.89 Å². The molecule has 1 unspecified atom stereocenters. The van der Waals surface area contributed by atoms with Gasteiger partial charge in [0, 0.05) is 0 Å². The van der Waals surface area contributed by atoms with Crippen molar-refractivity contribution in [3.8, 4) is 0 Å². The van der Waals surface area contributed by atoms with Crippen molar-refractivity contribution in [2.45, 2.75) is 58.2 Å². The number of carbonyl (C=O) groups excluding carboxylic acids is 1. The van der Waals surface area contributed by atoms with Crippen molar-refractivity contribution in [1.82, 2.24) is 0 Å². The van der Waals surface area contributed by atoms with Gasteiger partial charge in [0.2, 0.25) is 5.78 Å². The minimum Gasteiger partial charge on any atom is -0.326 e. The maximum atomic E-state index is 14.0. The summed E-state index contributed by atoms with van der Waals surface area (Å²) in [6.45, 7) is 5.69. The van der Waals surface area contributed by atoms with Crippen LogP contribution in [0.25, 0.3) is 0 Å². The Morgan fingerprint density at radius 2 is 1.94 bits per heavy atom. The minimum absolute atomic E-state index is 0.0987. The summed E-state index contributed by atoms with van der Waals surface area (Å²) < 4.78 is 29.1. The van der Waals surface area contributed by atoms with Gasteiger partial charge in [0.1, 0.15) is 5.60 Å².